The average molecular weight is 289 g/mol. The molecule has 0 heterocycles. The van der Waals surface area contributed by atoms with Gasteiger partial charge in [-0.15, -0.1) is 0 Å². The zero-order chi connectivity index (χ0) is 14.7. The van der Waals surface area contributed by atoms with Crippen molar-refractivity contribution in [2.75, 3.05) is 13.1 Å². The number of aryl methyl sites for hydroxylation is 1. The molecule has 0 unspecified atom stereocenters. The van der Waals surface area contributed by atoms with Crippen molar-refractivity contribution >= 4 is 10.0 Å². The van der Waals surface area contributed by atoms with Crippen molar-refractivity contribution in [3.05, 3.63) is 29.3 Å². The molecule has 0 atom stereocenters. The number of alkyl halides is 2. The summed E-state index contributed by atoms with van der Waals surface area (Å²) in [6.45, 7) is -0.509. The van der Waals surface area contributed by atoms with Crippen LogP contribution in [0.25, 0.3) is 0 Å². The van der Waals surface area contributed by atoms with Crippen LogP contribution < -0.4 is 10.5 Å². The van der Waals surface area contributed by atoms with Crippen LogP contribution in [0.15, 0.2) is 23.1 Å². The molecule has 0 saturated carbocycles. The highest BCUT2D eigenvalue weighted by molar-refractivity contribution is 7.89. The third kappa shape index (κ3) is 3.70. The number of halogens is 2. The summed E-state index contributed by atoms with van der Waals surface area (Å²) in [7, 11) is -4.18. The van der Waals surface area contributed by atoms with E-state index in [4.69, 9.17) is 11.0 Å². The fourth-order valence-corrected chi connectivity index (χ4v) is 2.65. The Balaban J connectivity index is 3.10. The van der Waals surface area contributed by atoms with Crippen LogP contribution in [-0.4, -0.2) is 27.4 Å². The quantitative estimate of drug-likeness (QED) is 0.835. The van der Waals surface area contributed by atoms with E-state index in [0.29, 0.717) is 5.56 Å². The number of nitrogens with zero attached hydrogens (tertiary/aromatic N) is 1. The second kappa shape index (κ2) is 5.61. The van der Waals surface area contributed by atoms with Gasteiger partial charge < -0.3 is 5.73 Å². The molecule has 1 aromatic rings. The van der Waals surface area contributed by atoms with Gasteiger partial charge in [0.2, 0.25) is 10.0 Å². The summed E-state index contributed by atoms with van der Waals surface area (Å²) in [6.07, 6.45) is 0. The third-order valence-electron chi connectivity index (χ3n) is 2.46. The van der Waals surface area contributed by atoms with E-state index in [-0.39, 0.29) is 10.5 Å². The molecule has 0 aliphatic heterocycles. The van der Waals surface area contributed by atoms with Crippen LogP contribution in [0.2, 0.25) is 0 Å². The second-order valence-electron chi connectivity index (χ2n) is 3.94. The van der Waals surface area contributed by atoms with Crippen molar-refractivity contribution in [3.63, 3.8) is 0 Å². The first-order valence-corrected chi connectivity index (χ1v) is 6.79. The molecule has 8 heteroatoms. The number of sulfonamides is 1. The molecule has 0 saturated heterocycles. The maximum absolute atomic E-state index is 12.9. The lowest BCUT2D eigenvalue weighted by molar-refractivity contribution is 0.0170. The maximum atomic E-state index is 12.9. The Morgan fingerprint density at radius 3 is 2.63 bits per heavy atom. The Morgan fingerprint density at radius 1 is 1.47 bits per heavy atom. The monoisotopic (exact) mass is 289 g/mol. The number of nitrogens with one attached hydrogen (secondary N) is 1. The van der Waals surface area contributed by atoms with E-state index in [1.54, 1.807) is 23.8 Å². The molecular formula is C11H13F2N3O2S. The smallest absolute Gasteiger partial charge is 0.273 e. The van der Waals surface area contributed by atoms with Crippen LogP contribution in [0, 0.1) is 18.3 Å². The molecule has 0 bridgehead atoms. The fraction of sp³-hybridized carbons (Fsp3) is 0.364. The summed E-state index contributed by atoms with van der Waals surface area (Å²) in [4.78, 5) is -0.317. The molecule has 5 nitrogen and oxygen atoms in total. The topological polar surface area (TPSA) is 96.0 Å². The summed E-state index contributed by atoms with van der Waals surface area (Å²) in [5.74, 6) is -3.33. The Morgan fingerprint density at radius 2 is 2.11 bits per heavy atom. The van der Waals surface area contributed by atoms with E-state index < -0.39 is 29.0 Å². The fourth-order valence-electron chi connectivity index (χ4n) is 1.36. The van der Waals surface area contributed by atoms with Gasteiger partial charge in [-0.1, -0.05) is 12.1 Å². The van der Waals surface area contributed by atoms with Crippen LogP contribution >= 0.6 is 0 Å². The molecule has 0 amide bonds. The van der Waals surface area contributed by atoms with Gasteiger partial charge in [0.1, 0.15) is 6.07 Å². The van der Waals surface area contributed by atoms with Gasteiger partial charge >= 0.3 is 0 Å². The summed E-state index contributed by atoms with van der Waals surface area (Å²) < 4.78 is 51.4. The van der Waals surface area contributed by atoms with Crippen molar-refractivity contribution in [3.8, 4) is 6.07 Å². The number of hydrogen-bond donors (Lipinski definition) is 2. The van der Waals surface area contributed by atoms with Crippen LogP contribution in [0.5, 0.6) is 0 Å². The van der Waals surface area contributed by atoms with E-state index >= 15 is 0 Å². The largest absolute Gasteiger partial charge is 0.325 e. The Bertz CT molecular complexity index is 609. The normalized spacial score (nSPS) is 12.2. The summed E-state index contributed by atoms with van der Waals surface area (Å²) >= 11 is 0. The van der Waals surface area contributed by atoms with Gasteiger partial charge in [0.25, 0.3) is 5.92 Å². The molecule has 0 aromatic heterocycles. The number of nitriles is 1. The number of nitrogens with two attached hydrogens (primary N) is 1. The van der Waals surface area contributed by atoms with E-state index in [0.717, 1.165) is 0 Å². The van der Waals surface area contributed by atoms with Crippen LogP contribution in [0.3, 0.4) is 0 Å². The maximum Gasteiger partial charge on any atom is 0.273 e. The molecule has 3 N–H and O–H groups in total. The van der Waals surface area contributed by atoms with Crippen molar-refractivity contribution in [2.24, 2.45) is 5.73 Å². The van der Waals surface area contributed by atoms with E-state index in [9.17, 15) is 17.2 Å². The number of benzene rings is 1. The molecule has 1 rings (SSSR count). The molecule has 0 radical (unpaired) electrons. The van der Waals surface area contributed by atoms with Crippen molar-refractivity contribution in [2.45, 2.75) is 17.7 Å². The summed E-state index contributed by atoms with van der Waals surface area (Å²) in [5, 5.41) is 8.93. The zero-order valence-electron chi connectivity index (χ0n) is 10.2. The van der Waals surface area contributed by atoms with E-state index in [1.165, 1.54) is 12.1 Å². The Kier molecular flexibility index (Phi) is 4.57. The van der Waals surface area contributed by atoms with Gasteiger partial charge in [-0.05, 0) is 18.6 Å². The lowest BCUT2D eigenvalue weighted by atomic mass is 10.1. The molecule has 0 fully saturated rings. The SMILES string of the molecule is Cc1cccc(S(=O)(=O)NCC(F)(F)CN)c1C#N. The van der Waals surface area contributed by atoms with Gasteiger partial charge in [-0.2, -0.15) is 5.26 Å². The van der Waals surface area contributed by atoms with Crippen LogP contribution in [-0.2, 0) is 10.0 Å². The predicted molar refractivity (Wildman–Crippen MR) is 65.1 cm³/mol. The minimum Gasteiger partial charge on any atom is -0.325 e. The molecule has 0 aliphatic carbocycles. The molecule has 0 spiro atoms. The van der Waals surface area contributed by atoms with Gasteiger partial charge in [0.05, 0.1) is 23.5 Å². The first kappa shape index (κ1) is 15.5. The highest BCUT2D eigenvalue weighted by Crippen LogP contribution is 2.19. The minimum atomic E-state index is -4.18. The van der Waals surface area contributed by atoms with Crippen LogP contribution in [0.4, 0.5) is 8.78 Å². The Labute approximate surface area is 110 Å². The lowest BCUT2D eigenvalue weighted by Gasteiger charge is -2.15. The lowest BCUT2D eigenvalue weighted by Crippen LogP contribution is -2.41. The van der Waals surface area contributed by atoms with Crippen molar-refractivity contribution in [1.82, 2.24) is 4.72 Å². The molecule has 104 valence electrons. The van der Waals surface area contributed by atoms with Gasteiger partial charge in [0.15, 0.2) is 0 Å². The van der Waals surface area contributed by atoms with E-state index in [2.05, 4.69) is 0 Å². The zero-order valence-corrected chi connectivity index (χ0v) is 11.0. The number of hydrogen-bond acceptors (Lipinski definition) is 4. The molecule has 19 heavy (non-hydrogen) atoms. The van der Waals surface area contributed by atoms with Gasteiger partial charge in [-0.25, -0.2) is 21.9 Å². The highest BCUT2D eigenvalue weighted by atomic mass is 32.2. The predicted octanol–water partition coefficient (Wildman–Crippen LogP) is 0.739. The summed E-state index contributed by atoms with van der Waals surface area (Å²) in [5.41, 5.74) is 5.21. The number of rotatable bonds is 5. The first-order chi connectivity index (χ1) is 8.73. The summed E-state index contributed by atoms with van der Waals surface area (Å²) in [6, 6.07) is 5.94. The molecule has 0 aliphatic rings. The molecular weight excluding hydrogens is 276 g/mol. The van der Waals surface area contributed by atoms with Gasteiger partial charge in [0, 0.05) is 0 Å². The molecule has 1 aromatic carbocycles. The first-order valence-electron chi connectivity index (χ1n) is 5.31. The Hall–Kier alpha value is -1.56. The second-order valence-corrected chi connectivity index (χ2v) is 5.68. The highest BCUT2D eigenvalue weighted by Gasteiger charge is 2.30. The minimum absolute atomic E-state index is 0.0638. The van der Waals surface area contributed by atoms with Gasteiger partial charge in [-0.3, -0.25) is 0 Å². The third-order valence-corrected chi connectivity index (χ3v) is 3.90. The van der Waals surface area contributed by atoms with E-state index in [1.807, 2.05) is 0 Å². The average Bonchev–Trinajstić information content (AvgIpc) is 2.36. The van der Waals surface area contributed by atoms with Crippen LogP contribution in [0.1, 0.15) is 11.1 Å². The van der Waals surface area contributed by atoms with Crippen molar-refractivity contribution in [1.29, 1.82) is 5.26 Å². The standard InChI is InChI=1S/C11H13F2N3O2S/c1-8-3-2-4-10(9(8)5-14)19(17,18)16-7-11(12,13)6-15/h2-4,16H,6-7,15H2,1H3. The van der Waals surface area contributed by atoms with Crippen molar-refractivity contribution < 1.29 is 17.2 Å².